The summed E-state index contributed by atoms with van der Waals surface area (Å²) in [5.74, 6) is 0. The van der Waals surface area contributed by atoms with Gasteiger partial charge in [-0.1, -0.05) is 0 Å². The van der Waals surface area contributed by atoms with Crippen LogP contribution in [0.5, 0.6) is 0 Å². The van der Waals surface area contributed by atoms with Crippen molar-refractivity contribution in [3.63, 3.8) is 0 Å². The average molecular weight is 181 g/mol. The zero-order chi connectivity index (χ0) is 9.42. The van der Waals surface area contributed by atoms with Crippen molar-refractivity contribution < 1.29 is 0 Å². The third-order valence-electron chi connectivity index (χ3n) is 2.63. The quantitative estimate of drug-likeness (QED) is 0.671. The number of hydrogen-bond donors (Lipinski definition) is 1. The fraction of sp³-hybridized carbons (Fsp3) is 0.667. The average Bonchev–Trinajstić information content (AvgIpc) is 2.42. The van der Waals surface area contributed by atoms with E-state index in [2.05, 4.69) is 17.0 Å². The van der Waals surface area contributed by atoms with Gasteiger partial charge in [-0.15, -0.1) is 0 Å². The lowest BCUT2D eigenvalue weighted by atomic mass is 10.1. The van der Waals surface area contributed by atoms with Gasteiger partial charge in [-0.25, -0.2) is 0 Å². The minimum absolute atomic E-state index is 0.172. The van der Waals surface area contributed by atoms with Gasteiger partial charge in [-0.3, -0.25) is 14.6 Å². The zero-order valence-electron chi connectivity index (χ0n) is 8.13. The van der Waals surface area contributed by atoms with Crippen LogP contribution in [0.25, 0.3) is 0 Å². The van der Waals surface area contributed by atoms with Crippen molar-refractivity contribution in [1.29, 1.82) is 0 Å². The van der Waals surface area contributed by atoms with Gasteiger partial charge in [0.1, 0.15) is 0 Å². The topological polar surface area (TPSA) is 41.0 Å². The molecule has 72 valence electrons. The summed E-state index contributed by atoms with van der Waals surface area (Å²) in [5, 5.41) is 3.14. The van der Waals surface area contributed by atoms with E-state index in [1.165, 1.54) is 0 Å². The third kappa shape index (κ3) is 1.31. The first-order valence-corrected chi connectivity index (χ1v) is 4.71. The van der Waals surface area contributed by atoms with E-state index in [0.29, 0.717) is 0 Å². The van der Waals surface area contributed by atoms with Crippen LogP contribution in [0.15, 0.2) is 4.79 Å². The Balaban J connectivity index is 2.45. The van der Waals surface area contributed by atoms with Crippen LogP contribution in [-0.2, 0) is 19.5 Å². The van der Waals surface area contributed by atoms with E-state index in [9.17, 15) is 4.79 Å². The van der Waals surface area contributed by atoms with Gasteiger partial charge in [0.25, 0.3) is 5.56 Å². The Kier molecular flexibility index (Phi) is 2.00. The molecule has 0 aliphatic carbocycles. The van der Waals surface area contributed by atoms with Crippen LogP contribution in [0, 0.1) is 0 Å². The number of aromatic amines is 1. The minimum atomic E-state index is 0.172. The van der Waals surface area contributed by atoms with Gasteiger partial charge in [0.15, 0.2) is 0 Å². The molecule has 4 heteroatoms. The largest absolute Gasteiger partial charge is 0.300 e. The van der Waals surface area contributed by atoms with E-state index in [0.717, 1.165) is 37.3 Å². The molecule has 1 aromatic rings. The van der Waals surface area contributed by atoms with Gasteiger partial charge in [0.2, 0.25) is 0 Å². The van der Waals surface area contributed by atoms with Crippen molar-refractivity contribution in [3.8, 4) is 0 Å². The van der Waals surface area contributed by atoms with E-state index >= 15 is 0 Å². The Labute approximate surface area is 77.1 Å². The number of nitrogens with zero attached hydrogens (tertiary/aromatic N) is 2. The van der Waals surface area contributed by atoms with Crippen LogP contribution in [0.4, 0.5) is 0 Å². The smallest absolute Gasteiger partial charge is 0.270 e. The Bertz CT molecular complexity index is 363. The summed E-state index contributed by atoms with van der Waals surface area (Å²) in [6.07, 6.45) is 0.883. The van der Waals surface area contributed by atoms with Crippen LogP contribution < -0.4 is 5.56 Å². The standard InChI is InChI=1S/C9H15N3O/c1-3-12-9(13)7-4-5-11(2)6-8(7)10-12/h10H,3-6H2,1-2H3. The van der Waals surface area contributed by atoms with Gasteiger partial charge in [-0.2, -0.15) is 0 Å². The van der Waals surface area contributed by atoms with Gasteiger partial charge in [0.05, 0.1) is 5.69 Å². The van der Waals surface area contributed by atoms with Crippen molar-refractivity contribution in [1.82, 2.24) is 14.7 Å². The number of likely N-dealkylation sites (N-methyl/N-ethyl adjacent to an activating group) is 1. The summed E-state index contributed by atoms with van der Waals surface area (Å²) in [4.78, 5) is 13.9. The molecule has 1 aliphatic heterocycles. The Morgan fingerprint density at radius 2 is 2.31 bits per heavy atom. The predicted octanol–water partition coefficient (Wildman–Crippen LogP) is 0.184. The molecule has 1 aromatic heterocycles. The maximum absolute atomic E-state index is 11.7. The van der Waals surface area contributed by atoms with Gasteiger partial charge < -0.3 is 4.90 Å². The molecular formula is C9H15N3O. The summed E-state index contributed by atoms with van der Waals surface area (Å²) in [7, 11) is 2.07. The van der Waals surface area contributed by atoms with Gasteiger partial charge in [-0.05, 0) is 20.4 Å². The van der Waals surface area contributed by atoms with E-state index < -0.39 is 0 Å². The molecule has 0 saturated heterocycles. The molecule has 1 N–H and O–H groups in total. The number of hydrogen-bond acceptors (Lipinski definition) is 2. The van der Waals surface area contributed by atoms with Crippen molar-refractivity contribution in [2.24, 2.45) is 0 Å². The second kappa shape index (κ2) is 3.03. The number of H-pyrrole nitrogens is 1. The fourth-order valence-corrected chi connectivity index (χ4v) is 1.84. The molecule has 2 heterocycles. The molecule has 0 bridgehead atoms. The lowest BCUT2D eigenvalue weighted by Crippen LogP contribution is -2.28. The second-order valence-electron chi connectivity index (χ2n) is 3.61. The molecule has 0 atom stereocenters. The number of aryl methyl sites for hydroxylation is 1. The molecule has 0 amide bonds. The number of nitrogens with one attached hydrogen (secondary N) is 1. The summed E-state index contributed by atoms with van der Waals surface area (Å²) < 4.78 is 1.68. The second-order valence-corrected chi connectivity index (χ2v) is 3.61. The lowest BCUT2D eigenvalue weighted by Gasteiger charge is -2.20. The monoisotopic (exact) mass is 181 g/mol. The van der Waals surface area contributed by atoms with E-state index in [4.69, 9.17) is 0 Å². The minimum Gasteiger partial charge on any atom is -0.300 e. The molecule has 0 unspecified atom stereocenters. The highest BCUT2D eigenvalue weighted by Gasteiger charge is 2.19. The molecule has 1 aliphatic rings. The van der Waals surface area contributed by atoms with Crippen molar-refractivity contribution >= 4 is 0 Å². The van der Waals surface area contributed by atoms with Crippen molar-refractivity contribution in [2.45, 2.75) is 26.4 Å². The molecule has 4 nitrogen and oxygen atoms in total. The zero-order valence-corrected chi connectivity index (χ0v) is 8.13. The van der Waals surface area contributed by atoms with Crippen molar-refractivity contribution in [2.75, 3.05) is 13.6 Å². The van der Waals surface area contributed by atoms with Gasteiger partial charge >= 0.3 is 0 Å². The van der Waals surface area contributed by atoms with E-state index in [1.807, 2.05) is 6.92 Å². The summed E-state index contributed by atoms with van der Waals surface area (Å²) in [6, 6.07) is 0. The highest BCUT2D eigenvalue weighted by molar-refractivity contribution is 5.20. The van der Waals surface area contributed by atoms with Crippen LogP contribution in [0.3, 0.4) is 0 Å². The molecule has 2 rings (SSSR count). The number of aromatic nitrogens is 2. The first-order valence-electron chi connectivity index (χ1n) is 4.71. The maximum Gasteiger partial charge on any atom is 0.270 e. The Morgan fingerprint density at radius 1 is 1.54 bits per heavy atom. The van der Waals surface area contributed by atoms with Crippen LogP contribution in [-0.4, -0.2) is 28.3 Å². The molecule has 0 fully saturated rings. The molecule has 0 spiro atoms. The maximum atomic E-state index is 11.7. The fourth-order valence-electron chi connectivity index (χ4n) is 1.84. The SMILES string of the molecule is CCn1[nH]c2c(c1=O)CCN(C)C2. The molecule has 0 aromatic carbocycles. The molecule has 13 heavy (non-hydrogen) atoms. The number of fused-ring (bicyclic) bond motifs is 1. The van der Waals surface area contributed by atoms with Gasteiger partial charge in [0, 0.05) is 25.2 Å². The van der Waals surface area contributed by atoms with E-state index in [1.54, 1.807) is 4.68 Å². The Morgan fingerprint density at radius 3 is 3.00 bits per heavy atom. The summed E-state index contributed by atoms with van der Waals surface area (Å²) in [5.41, 5.74) is 2.26. The van der Waals surface area contributed by atoms with Crippen molar-refractivity contribution in [3.05, 3.63) is 21.6 Å². The first-order chi connectivity index (χ1) is 6.22. The van der Waals surface area contributed by atoms with Crippen LogP contribution in [0.2, 0.25) is 0 Å². The molecule has 0 saturated carbocycles. The summed E-state index contributed by atoms with van der Waals surface area (Å²) >= 11 is 0. The molecule has 0 radical (unpaired) electrons. The van der Waals surface area contributed by atoms with Crippen LogP contribution >= 0.6 is 0 Å². The van der Waals surface area contributed by atoms with E-state index in [-0.39, 0.29) is 5.56 Å². The summed E-state index contributed by atoms with van der Waals surface area (Å²) in [6.45, 7) is 4.57. The molecular weight excluding hydrogens is 166 g/mol. The number of rotatable bonds is 1. The highest BCUT2D eigenvalue weighted by atomic mass is 16.1. The first kappa shape index (κ1) is 8.56. The normalized spacial score (nSPS) is 17.4. The predicted molar refractivity (Wildman–Crippen MR) is 50.8 cm³/mol. The van der Waals surface area contributed by atoms with Crippen LogP contribution in [0.1, 0.15) is 18.2 Å². The highest BCUT2D eigenvalue weighted by Crippen LogP contribution is 2.11. The third-order valence-corrected chi connectivity index (χ3v) is 2.63. The lowest BCUT2D eigenvalue weighted by molar-refractivity contribution is 0.308. The Hall–Kier alpha value is -1.03.